The molecule has 5 nitrogen and oxygen atoms in total. The van der Waals surface area contributed by atoms with Gasteiger partial charge >= 0.3 is 12.1 Å². The number of hydrogen-bond acceptors (Lipinski definition) is 5. The number of carbonyl (C=O) groups excluding carboxylic acids is 2. The predicted molar refractivity (Wildman–Crippen MR) is 124 cm³/mol. The Hall–Kier alpha value is -4.07. The smallest absolute Gasteiger partial charge is 0.419 e. The third-order valence-electron chi connectivity index (χ3n) is 4.96. The Morgan fingerprint density at radius 1 is 0.886 bits per heavy atom. The monoisotopic (exact) mass is 484 g/mol. The molecule has 0 bridgehead atoms. The first-order chi connectivity index (χ1) is 16.7. The molecule has 0 saturated carbocycles. The van der Waals surface area contributed by atoms with Crippen LogP contribution in [0.25, 0.3) is 6.08 Å². The van der Waals surface area contributed by atoms with Gasteiger partial charge in [-0.2, -0.15) is 13.2 Å². The minimum Gasteiger partial charge on any atom is -0.493 e. The summed E-state index contributed by atoms with van der Waals surface area (Å²) in [6.45, 7) is 1.15. The molecule has 35 heavy (non-hydrogen) atoms. The molecule has 0 aliphatic rings. The molecule has 0 aliphatic heterocycles. The fraction of sp³-hybridized carbons (Fsp3) is 0.185. The second-order valence-electron chi connectivity index (χ2n) is 7.53. The molecule has 0 aromatic heterocycles. The third-order valence-corrected chi connectivity index (χ3v) is 4.96. The number of rotatable bonds is 9. The fourth-order valence-corrected chi connectivity index (χ4v) is 3.32. The molecule has 0 unspecified atom stereocenters. The topological polar surface area (TPSA) is 61.8 Å². The number of methoxy groups -OCH3 is 1. The summed E-state index contributed by atoms with van der Waals surface area (Å²) >= 11 is 0. The summed E-state index contributed by atoms with van der Waals surface area (Å²) in [7, 11) is 1.45. The predicted octanol–water partition coefficient (Wildman–Crippen LogP) is 6.04. The van der Waals surface area contributed by atoms with E-state index in [1.54, 1.807) is 48.5 Å². The molecule has 0 amide bonds. The van der Waals surface area contributed by atoms with E-state index in [2.05, 4.69) is 0 Å². The lowest BCUT2D eigenvalue weighted by molar-refractivity contribution is -0.139. The summed E-state index contributed by atoms with van der Waals surface area (Å²) in [4.78, 5) is 23.9. The molecule has 0 radical (unpaired) electrons. The van der Waals surface area contributed by atoms with Gasteiger partial charge in [-0.15, -0.1) is 0 Å². The number of esters is 1. The Labute approximate surface area is 200 Å². The van der Waals surface area contributed by atoms with Gasteiger partial charge in [-0.05, 0) is 47.0 Å². The molecule has 0 N–H and O–H groups in total. The van der Waals surface area contributed by atoms with E-state index in [0.717, 1.165) is 6.07 Å². The molecule has 8 heteroatoms. The van der Waals surface area contributed by atoms with Gasteiger partial charge in [-0.3, -0.25) is 9.59 Å². The molecule has 0 aliphatic carbocycles. The van der Waals surface area contributed by atoms with Crippen LogP contribution in [0.2, 0.25) is 0 Å². The maximum atomic E-state index is 13.2. The minimum absolute atomic E-state index is 0.0317. The van der Waals surface area contributed by atoms with Crippen molar-refractivity contribution in [3.8, 4) is 17.2 Å². The number of ketones is 1. The van der Waals surface area contributed by atoms with E-state index < -0.39 is 17.7 Å². The SMILES string of the molecule is COc1ccc(/C=C/C(=O)Cc2ccccc2COc2ccccc2C(F)(F)F)cc1OC(C)=O. The van der Waals surface area contributed by atoms with Crippen LogP contribution in [0, 0.1) is 0 Å². The van der Waals surface area contributed by atoms with Crippen molar-refractivity contribution in [2.45, 2.75) is 26.1 Å². The summed E-state index contributed by atoms with van der Waals surface area (Å²) in [5, 5.41) is 0. The number of halogens is 3. The van der Waals surface area contributed by atoms with Crippen LogP contribution in [0.15, 0.2) is 72.8 Å². The van der Waals surface area contributed by atoms with Gasteiger partial charge in [-0.1, -0.05) is 48.5 Å². The van der Waals surface area contributed by atoms with Crippen molar-refractivity contribution < 1.29 is 37.0 Å². The highest BCUT2D eigenvalue weighted by molar-refractivity contribution is 5.95. The molecule has 0 atom stereocenters. The summed E-state index contributed by atoms with van der Waals surface area (Å²) in [6, 6.07) is 16.8. The normalized spacial score (nSPS) is 11.3. The molecular weight excluding hydrogens is 461 g/mol. The van der Waals surface area contributed by atoms with E-state index in [1.807, 2.05) is 0 Å². The number of hydrogen-bond donors (Lipinski definition) is 0. The molecule has 0 spiro atoms. The van der Waals surface area contributed by atoms with E-state index in [4.69, 9.17) is 14.2 Å². The lowest BCUT2D eigenvalue weighted by Crippen LogP contribution is -2.10. The molecule has 182 valence electrons. The number of para-hydroxylation sites is 1. The van der Waals surface area contributed by atoms with Crippen molar-refractivity contribution in [1.29, 1.82) is 0 Å². The van der Waals surface area contributed by atoms with Gasteiger partial charge in [0.2, 0.25) is 0 Å². The van der Waals surface area contributed by atoms with Gasteiger partial charge in [0.15, 0.2) is 17.3 Å². The Morgan fingerprint density at radius 3 is 2.26 bits per heavy atom. The van der Waals surface area contributed by atoms with Crippen LogP contribution in [-0.4, -0.2) is 18.9 Å². The first kappa shape index (κ1) is 25.6. The molecule has 0 fully saturated rings. The van der Waals surface area contributed by atoms with Crippen molar-refractivity contribution in [2.75, 3.05) is 7.11 Å². The zero-order valence-corrected chi connectivity index (χ0v) is 19.1. The number of alkyl halides is 3. The number of allylic oxidation sites excluding steroid dienone is 1. The van der Waals surface area contributed by atoms with Gasteiger partial charge in [0.05, 0.1) is 12.7 Å². The standard InChI is InChI=1S/C27H23F3O5/c1-18(31)35-26-15-19(12-14-25(26)33-2)11-13-22(32)16-20-7-3-4-8-21(20)17-34-24-10-6-5-9-23(24)27(28,29)30/h3-15H,16-17H2,1-2H3/b13-11+. The lowest BCUT2D eigenvalue weighted by atomic mass is 10.0. The van der Waals surface area contributed by atoms with Crippen LogP contribution in [0.1, 0.15) is 29.2 Å². The van der Waals surface area contributed by atoms with Crippen LogP contribution < -0.4 is 14.2 Å². The second kappa shape index (κ2) is 11.4. The highest BCUT2D eigenvalue weighted by Crippen LogP contribution is 2.36. The molecule has 3 rings (SSSR count). The zero-order chi connectivity index (χ0) is 25.4. The maximum absolute atomic E-state index is 13.2. The summed E-state index contributed by atoms with van der Waals surface area (Å²) < 4.78 is 55.4. The minimum atomic E-state index is -4.53. The van der Waals surface area contributed by atoms with Gasteiger partial charge in [0, 0.05) is 13.3 Å². The lowest BCUT2D eigenvalue weighted by Gasteiger charge is -2.15. The third kappa shape index (κ3) is 7.20. The van der Waals surface area contributed by atoms with Crippen molar-refractivity contribution >= 4 is 17.8 Å². The van der Waals surface area contributed by atoms with Crippen molar-refractivity contribution in [2.24, 2.45) is 0 Å². The average molecular weight is 484 g/mol. The Kier molecular flexibility index (Phi) is 8.30. The van der Waals surface area contributed by atoms with Crippen LogP contribution >= 0.6 is 0 Å². The molecule has 0 heterocycles. The Bertz CT molecular complexity index is 1230. The van der Waals surface area contributed by atoms with E-state index >= 15 is 0 Å². The quantitative estimate of drug-likeness (QED) is 0.210. The van der Waals surface area contributed by atoms with Crippen LogP contribution in [0.5, 0.6) is 17.2 Å². The molecular formula is C27H23F3O5. The van der Waals surface area contributed by atoms with Crippen molar-refractivity contribution in [3.63, 3.8) is 0 Å². The van der Waals surface area contributed by atoms with Crippen molar-refractivity contribution in [3.05, 3.63) is 95.1 Å². The zero-order valence-electron chi connectivity index (χ0n) is 19.1. The fourth-order valence-electron chi connectivity index (χ4n) is 3.32. The summed E-state index contributed by atoms with van der Waals surface area (Å²) in [5.74, 6) is -0.389. The van der Waals surface area contributed by atoms with Gasteiger partial charge in [-0.25, -0.2) is 0 Å². The number of benzene rings is 3. The molecule has 0 saturated heterocycles. The largest absolute Gasteiger partial charge is 0.493 e. The van der Waals surface area contributed by atoms with Gasteiger partial charge in [0.1, 0.15) is 12.4 Å². The van der Waals surface area contributed by atoms with Crippen molar-refractivity contribution in [1.82, 2.24) is 0 Å². The van der Waals surface area contributed by atoms with Crippen LogP contribution in [0.4, 0.5) is 13.2 Å². The first-order valence-corrected chi connectivity index (χ1v) is 10.6. The number of carbonyl (C=O) groups is 2. The van der Waals surface area contributed by atoms with E-state index in [-0.39, 0.29) is 30.3 Å². The average Bonchev–Trinajstić information content (AvgIpc) is 2.81. The van der Waals surface area contributed by atoms with Gasteiger partial charge < -0.3 is 14.2 Å². The molecule has 3 aromatic carbocycles. The first-order valence-electron chi connectivity index (χ1n) is 10.6. The van der Waals surface area contributed by atoms with Crippen LogP contribution in [0.3, 0.4) is 0 Å². The highest BCUT2D eigenvalue weighted by atomic mass is 19.4. The molecule has 3 aromatic rings. The van der Waals surface area contributed by atoms with Crippen LogP contribution in [-0.2, 0) is 28.8 Å². The summed E-state index contributed by atoms with van der Waals surface area (Å²) in [6.07, 6.45) is -1.54. The van der Waals surface area contributed by atoms with Gasteiger partial charge in [0.25, 0.3) is 0 Å². The van der Waals surface area contributed by atoms with E-state index in [1.165, 1.54) is 38.3 Å². The Balaban J connectivity index is 1.71. The highest BCUT2D eigenvalue weighted by Gasteiger charge is 2.34. The summed E-state index contributed by atoms with van der Waals surface area (Å²) in [5.41, 5.74) is 1.01. The Morgan fingerprint density at radius 2 is 1.57 bits per heavy atom. The van der Waals surface area contributed by atoms with E-state index in [0.29, 0.717) is 22.4 Å². The second-order valence-corrected chi connectivity index (χ2v) is 7.53. The number of ether oxygens (including phenoxy) is 3. The maximum Gasteiger partial charge on any atom is 0.419 e. The van der Waals surface area contributed by atoms with E-state index in [9.17, 15) is 22.8 Å².